The molecule has 0 spiro atoms. The van der Waals surface area contributed by atoms with Crippen molar-refractivity contribution >= 4 is 86.6 Å². The van der Waals surface area contributed by atoms with Crippen molar-refractivity contribution in [3.63, 3.8) is 0 Å². The fraction of sp³-hybridized carbons (Fsp3) is 0. The number of hydrogen-bond acceptors (Lipinski definition) is 2. The Balaban J connectivity index is 1.22. The van der Waals surface area contributed by atoms with E-state index in [1.807, 2.05) is 6.07 Å². The van der Waals surface area contributed by atoms with E-state index in [-0.39, 0.29) is 0 Å². The summed E-state index contributed by atoms with van der Waals surface area (Å²) in [6, 6.07) is 67.8. The maximum atomic E-state index is 5.24. The van der Waals surface area contributed by atoms with Gasteiger partial charge in [-0.2, -0.15) is 0 Å². The van der Waals surface area contributed by atoms with E-state index in [1.54, 1.807) is 0 Å². The van der Waals surface area contributed by atoms with Gasteiger partial charge in [-0.05, 0) is 67.4 Å². The van der Waals surface area contributed by atoms with Crippen LogP contribution in [0.2, 0.25) is 0 Å². The predicted octanol–water partition coefficient (Wildman–Crippen LogP) is 13.8. The summed E-state index contributed by atoms with van der Waals surface area (Å²) in [7, 11) is 0. The molecule has 0 amide bonds. The molecule has 12 rings (SSSR count). The van der Waals surface area contributed by atoms with Crippen LogP contribution < -0.4 is 0 Å². The van der Waals surface area contributed by atoms with Crippen LogP contribution >= 0.6 is 0 Å². The highest BCUT2D eigenvalue weighted by Gasteiger charge is 2.23. The lowest BCUT2D eigenvalue weighted by Crippen LogP contribution is -1.96. The minimum atomic E-state index is 0.724. The Hall–Kier alpha value is -7.36. The third kappa shape index (κ3) is 4.32. The average molecular weight is 698 g/mol. The zero-order valence-corrected chi connectivity index (χ0v) is 29.7. The van der Waals surface area contributed by atoms with Crippen molar-refractivity contribution in [2.45, 2.75) is 0 Å². The Morgan fingerprint density at radius 3 is 1.51 bits per heavy atom. The molecule has 0 aliphatic heterocycles. The van der Waals surface area contributed by atoms with Crippen molar-refractivity contribution in [2.24, 2.45) is 0 Å². The number of aromatic nitrogens is 3. The SMILES string of the molecule is c1ccc(-c2nc(-c3ccc4c(c3)c3ccccc3c3c4ccc4c5c6ccccc6c6ccccc6c5n(-c5ccccc5)c43)nc3ccccc23)cc1. The summed E-state index contributed by atoms with van der Waals surface area (Å²) in [5.74, 6) is 0.724. The molecule has 3 nitrogen and oxygen atoms in total. The second-order valence-electron chi connectivity index (χ2n) is 14.5. The zero-order valence-electron chi connectivity index (χ0n) is 29.7. The van der Waals surface area contributed by atoms with E-state index in [1.165, 1.54) is 75.7 Å². The molecule has 2 heterocycles. The Bertz CT molecular complexity index is 3510. The number of para-hydroxylation sites is 2. The minimum Gasteiger partial charge on any atom is -0.308 e. The summed E-state index contributed by atoms with van der Waals surface area (Å²) in [6.07, 6.45) is 0. The van der Waals surface area contributed by atoms with Gasteiger partial charge in [-0.1, -0.05) is 164 Å². The molecular weight excluding hydrogens is 667 g/mol. The third-order valence-electron chi connectivity index (χ3n) is 11.5. The number of benzene rings is 10. The van der Waals surface area contributed by atoms with E-state index in [2.05, 4.69) is 187 Å². The lowest BCUT2D eigenvalue weighted by atomic mass is 9.91. The number of hydrogen-bond donors (Lipinski definition) is 0. The Labute approximate surface area is 316 Å². The molecule has 0 N–H and O–H groups in total. The van der Waals surface area contributed by atoms with E-state index in [4.69, 9.17) is 9.97 Å². The molecule has 55 heavy (non-hydrogen) atoms. The van der Waals surface area contributed by atoms with Crippen LogP contribution in [0.25, 0.3) is 115 Å². The maximum Gasteiger partial charge on any atom is 0.160 e. The first-order valence-corrected chi connectivity index (χ1v) is 18.8. The van der Waals surface area contributed by atoms with Crippen LogP contribution in [-0.4, -0.2) is 14.5 Å². The van der Waals surface area contributed by atoms with Gasteiger partial charge in [0.2, 0.25) is 0 Å². The monoisotopic (exact) mass is 697 g/mol. The van der Waals surface area contributed by atoms with Crippen LogP contribution in [0.4, 0.5) is 0 Å². The van der Waals surface area contributed by atoms with Crippen LogP contribution in [0, 0.1) is 0 Å². The fourth-order valence-corrected chi connectivity index (χ4v) is 9.20. The molecule has 0 aliphatic rings. The van der Waals surface area contributed by atoms with Gasteiger partial charge >= 0.3 is 0 Å². The molecule has 0 radical (unpaired) electrons. The first kappa shape index (κ1) is 30.1. The molecule has 0 unspecified atom stereocenters. The lowest BCUT2D eigenvalue weighted by molar-refractivity contribution is 1.19. The van der Waals surface area contributed by atoms with Crippen LogP contribution in [0.1, 0.15) is 0 Å². The lowest BCUT2D eigenvalue weighted by Gasteiger charge is -2.16. The predicted molar refractivity (Wildman–Crippen MR) is 232 cm³/mol. The summed E-state index contributed by atoms with van der Waals surface area (Å²) in [6.45, 7) is 0. The van der Waals surface area contributed by atoms with Gasteiger partial charge in [0.1, 0.15) is 0 Å². The second kappa shape index (κ2) is 11.6. The molecule has 10 aromatic carbocycles. The Morgan fingerprint density at radius 1 is 0.309 bits per heavy atom. The van der Waals surface area contributed by atoms with Gasteiger partial charge in [0.15, 0.2) is 5.82 Å². The highest BCUT2D eigenvalue weighted by molar-refractivity contribution is 6.38. The van der Waals surface area contributed by atoms with Gasteiger partial charge in [-0.15, -0.1) is 0 Å². The summed E-state index contributed by atoms with van der Waals surface area (Å²) >= 11 is 0. The summed E-state index contributed by atoms with van der Waals surface area (Å²) in [4.78, 5) is 10.4. The zero-order chi connectivity index (χ0) is 36.0. The molecule has 254 valence electrons. The molecule has 12 aromatic rings. The first-order valence-electron chi connectivity index (χ1n) is 18.8. The third-order valence-corrected chi connectivity index (χ3v) is 11.5. The fourth-order valence-electron chi connectivity index (χ4n) is 9.20. The normalized spacial score (nSPS) is 12.0. The topological polar surface area (TPSA) is 30.7 Å². The van der Waals surface area contributed by atoms with Crippen molar-refractivity contribution in [1.29, 1.82) is 0 Å². The smallest absolute Gasteiger partial charge is 0.160 e. The van der Waals surface area contributed by atoms with E-state index in [0.717, 1.165) is 39.2 Å². The van der Waals surface area contributed by atoms with Crippen molar-refractivity contribution in [1.82, 2.24) is 14.5 Å². The van der Waals surface area contributed by atoms with Gasteiger partial charge < -0.3 is 4.57 Å². The molecule has 0 saturated carbocycles. The largest absolute Gasteiger partial charge is 0.308 e. The van der Waals surface area contributed by atoms with Crippen molar-refractivity contribution < 1.29 is 0 Å². The molecule has 2 aromatic heterocycles. The quantitative estimate of drug-likeness (QED) is 0.172. The molecule has 0 fully saturated rings. The van der Waals surface area contributed by atoms with Gasteiger partial charge in [0.25, 0.3) is 0 Å². The van der Waals surface area contributed by atoms with Crippen molar-refractivity contribution in [2.75, 3.05) is 0 Å². The summed E-state index contributed by atoms with van der Waals surface area (Å²) < 4.78 is 2.53. The molecule has 0 saturated heterocycles. The molecular formula is C52H31N3. The van der Waals surface area contributed by atoms with Crippen LogP contribution in [-0.2, 0) is 0 Å². The van der Waals surface area contributed by atoms with E-state index < -0.39 is 0 Å². The minimum absolute atomic E-state index is 0.724. The van der Waals surface area contributed by atoms with Gasteiger partial charge in [-0.3, -0.25) is 0 Å². The number of nitrogens with zero attached hydrogens (tertiary/aromatic N) is 3. The van der Waals surface area contributed by atoms with Crippen LogP contribution in [0.5, 0.6) is 0 Å². The molecule has 0 atom stereocenters. The van der Waals surface area contributed by atoms with Crippen LogP contribution in [0.3, 0.4) is 0 Å². The Morgan fingerprint density at radius 2 is 0.782 bits per heavy atom. The van der Waals surface area contributed by atoms with E-state index in [0.29, 0.717) is 0 Å². The standard InChI is InChI=1S/C52H31N3/c1-3-15-32(16-4-1)49-43-25-13-14-26-46(43)53-52(54-49)33-27-28-38-41-29-30-44-48-39-22-10-7-19-35(39)36-20-9-12-24-42(36)50(48)55(34-17-5-2-6-18-34)51(44)47(41)40-23-11-8-21-37(40)45(38)31-33/h1-31H. The summed E-state index contributed by atoms with van der Waals surface area (Å²) in [5, 5.41) is 16.0. The van der Waals surface area contributed by atoms with Crippen molar-refractivity contribution in [3.05, 3.63) is 188 Å². The number of rotatable bonds is 3. The van der Waals surface area contributed by atoms with E-state index in [9.17, 15) is 0 Å². The molecule has 0 bridgehead atoms. The Kier molecular flexibility index (Phi) is 6.34. The van der Waals surface area contributed by atoms with Gasteiger partial charge in [0, 0.05) is 43.7 Å². The number of fused-ring (bicyclic) bond motifs is 16. The second-order valence-corrected chi connectivity index (χ2v) is 14.5. The maximum absolute atomic E-state index is 5.24. The average Bonchev–Trinajstić information content (AvgIpc) is 3.62. The highest BCUT2D eigenvalue weighted by atomic mass is 15.0. The summed E-state index contributed by atoms with van der Waals surface area (Å²) in [5.41, 5.74) is 7.58. The van der Waals surface area contributed by atoms with Gasteiger partial charge in [0.05, 0.1) is 22.2 Å². The van der Waals surface area contributed by atoms with Crippen LogP contribution in [0.15, 0.2) is 188 Å². The highest BCUT2D eigenvalue weighted by Crippen LogP contribution is 2.47. The van der Waals surface area contributed by atoms with Gasteiger partial charge in [-0.25, -0.2) is 9.97 Å². The van der Waals surface area contributed by atoms with E-state index >= 15 is 0 Å². The molecule has 3 heteroatoms. The van der Waals surface area contributed by atoms with Crippen molar-refractivity contribution in [3.8, 4) is 28.3 Å². The first-order chi connectivity index (χ1) is 27.3. The molecule has 0 aliphatic carbocycles.